The van der Waals surface area contributed by atoms with Gasteiger partial charge < -0.3 is 15.2 Å². The lowest BCUT2D eigenvalue weighted by Crippen LogP contribution is -2.14. The van der Waals surface area contributed by atoms with Crippen LogP contribution in [0.25, 0.3) is 11.4 Å². The van der Waals surface area contributed by atoms with Crippen LogP contribution in [0.4, 0.5) is 17.1 Å². The third kappa shape index (κ3) is 5.66. The number of non-ortho nitro benzene ring substituents is 1. The zero-order chi connectivity index (χ0) is 22.4. The molecule has 2 aromatic carbocycles. The molecule has 0 unspecified atom stereocenters. The summed E-state index contributed by atoms with van der Waals surface area (Å²) in [6.45, 7) is 3.97. The highest BCUT2D eigenvalue weighted by molar-refractivity contribution is 7.99. The molecule has 2 N–H and O–H groups in total. The number of hydrogen-bond donors (Lipinski definition) is 2. The van der Waals surface area contributed by atoms with Crippen LogP contribution in [0.5, 0.6) is 0 Å². The maximum atomic E-state index is 12.3. The third-order valence-corrected chi connectivity index (χ3v) is 5.11. The van der Waals surface area contributed by atoms with Crippen LogP contribution in [-0.2, 0) is 16.1 Å². The van der Waals surface area contributed by atoms with Crippen molar-refractivity contribution in [1.29, 1.82) is 0 Å². The highest BCUT2D eigenvalue weighted by atomic mass is 32.2. The van der Waals surface area contributed by atoms with E-state index in [0.29, 0.717) is 28.9 Å². The monoisotopic (exact) mass is 440 g/mol. The zero-order valence-electron chi connectivity index (χ0n) is 16.9. The standard InChI is InChI=1S/C20H20N6O4S/c1-3-25-19(14-6-4-7-15(10-14)21-13(2)27)23-24-20(25)31-12-18(28)22-16-8-5-9-17(11-16)26(29)30/h4-11H,3,12H2,1-2H3,(H,21,27)(H,22,28). The number of nitrogens with zero attached hydrogens (tertiary/aromatic N) is 4. The maximum absolute atomic E-state index is 12.3. The second-order valence-corrected chi connectivity index (χ2v) is 7.40. The number of amides is 2. The van der Waals surface area contributed by atoms with Crippen LogP contribution in [0.3, 0.4) is 0 Å². The van der Waals surface area contributed by atoms with Crippen molar-refractivity contribution in [2.75, 3.05) is 16.4 Å². The summed E-state index contributed by atoms with van der Waals surface area (Å²) in [7, 11) is 0. The van der Waals surface area contributed by atoms with Crippen molar-refractivity contribution in [3.05, 3.63) is 58.6 Å². The first-order valence-corrected chi connectivity index (χ1v) is 10.3. The number of aromatic nitrogens is 3. The van der Waals surface area contributed by atoms with Gasteiger partial charge in [-0.2, -0.15) is 0 Å². The minimum atomic E-state index is -0.517. The van der Waals surface area contributed by atoms with Gasteiger partial charge >= 0.3 is 0 Å². The van der Waals surface area contributed by atoms with Gasteiger partial charge in [0.05, 0.1) is 10.7 Å². The molecule has 0 bridgehead atoms. The van der Waals surface area contributed by atoms with Crippen molar-refractivity contribution in [3.8, 4) is 11.4 Å². The minimum absolute atomic E-state index is 0.0623. The molecule has 0 spiro atoms. The van der Waals surface area contributed by atoms with Gasteiger partial charge in [0.1, 0.15) is 0 Å². The van der Waals surface area contributed by atoms with Crippen LogP contribution in [0.2, 0.25) is 0 Å². The molecule has 0 fully saturated rings. The van der Waals surface area contributed by atoms with Gasteiger partial charge in [0.25, 0.3) is 5.69 Å². The van der Waals surface area contributed by atoms with Gasteiger partial charge in [0.15, 0.2) is 11.0 Å². The summed E-state index contributed by atoms with van der Waals surface area (Å²) in [5, 5.41) is 25.2. The number of thioether (sulfide) groups is 1. The van der Waals surface area contributed by atoms with E-state index in [1.54, 1.807) is 18.2 Å². The fourth-order valence-electron chi connectivity index (χ4n) is 2.86. The second-order valence-electron chi connectivity index (χ2n) is 6.46. The molecule has 2 amide bonds. The summed E-state index contributed by atoms with van der Waals surface area (Å²) >= 11 is 1.21. The Morgan fingerprint density at radius 1 is 1.10 bits per heavy atom. The smallest absolute Gasteiger partial charge is 0.271 e. The molecule has 31 heavy (non-hydrogen) atoms. The van der Waals surface area contributed by atoms with Crippen molar-refractivity contribution >= 4 is 40.6 Å². The van der Waals surface area contributed by atoms with Gasteiger partial charge in [-0.25, -0.2) is 0 Å². The summed E-state index contributed by atoms with van der Waals surface area (Å²) in [5.74, 6) is 0.203. The molecular weight excluding hydrogens is 420 g/mol. The highest BCUT2D eigenvalue weighted by Crippen LogP contribution is 2.26. The summed E-state index contributed by atoms with van der Waals surface area (Å²) in [4.78, 5) is 33.9. The Kier molecular flexibility index (Phi) is 6.98. The van der Waals surface area contributed by atoms with Crippen molar-refractivity contribution in [2.24, 2.45) is 0 Å². The van der Waals surface area contributed by atoms with Crippen LogP contribution in [-0.4, -0.2) is 37.3 Å². The Balaban J connectivity index is 1.70. The molecule has 0 atom stereocenters. The molecule has 10 nitrogen and oxygen atoms in total. The van der Waals surface area contributed by atoms with Gasteiger partial charge in [-0.3, -0.25) is 19.7 Å². The molecule has 3 aromatic rings. The number of rotatable bonds is 8. The Morgan fingerprint density at radius 3 is 2.48 bits per heavy atom. The molecule has 0 saturated carbocycles. The van der Waals surface area contributed by atoms with Gasteiger partial charge in [-0.05, 0) is 25.1 Å². The van der Waals surface area contributed by atoms with Gasteiger partial charge in [-0.15, -0.1) is 10.2 Å². The first-order valence-electron chi connectivity index (χ1n) is 9.35. The first-order chi connectivity index (χ1) is 14.9. The summed E-state index contributed by atoms with van der Waals surface area (Å²) in [5.41, 5.74) is 1.70. The van der Waals surface area contributed by atoms with E-state index in [-0.39, 0.29) is 23.3 Å². The number of anilines is 2. The van der Waals surface area contributed by atoms with Crippen LogP contribution in [0.1, 0.15) is 13.8 Å². The summed E-state index contributed by atoms with van der Waals surface area (Å²) < 4.78 is 1.87. The van der Waals surface area contributed by atoms with E-state index in [1.165, 1.54) is 36.9 Å². The lowest BCUT2D eigenvalue weighted by atomic mass is 10.2. The molecule has 0 aliphatic heterocycles. The molecular formula is C20H20N6O4S. The Labute approximate surface area is 182 Å². The Bertz CT molecular complexity index is 1130. The minimum Gasteiger partial charge on any atom is -0.326 e. The molecule has 1 aromatic heterocycles. The van der Waals surface area contributed by atoms with Crippen molar-refractivity contribution in [3.63, 3.8) is 0 Å². The summed E-state index contributed by atoms with van der Waals surface area (Å²) in [6, 6.07) is 13.0. The highest BCUT2D eigenvalue weighted by Gasteiger charge is 2.16. The van der Waals surface area contributed by atoms with Crippen LogP contribution >= 0.6 is 11.8 Å². The van der Waals surface area contributed by atoms with E-state index in [0.717, 1.165) is 5.56 Å². The third-order valence-electron chi connectivity index (χ3n) is 4.15. The lowest BCUT2D eigenvalue weighted by Gasteiger charge is -2.09. The topological polar surface area (TPSA) is 132 Å². The Morgan fingerprint density at radius 2 is 1.81 bits per heavy atom. The fraction of sp³-hybridized carbons (Fsp3) is 0.200. The molecule has 0 aliphatic rings. The Hall–Kier alpha value is -3.73. The fourth-order valence-corrected chi connectivity index (χ4v) is 3.66. The van der Waals surface area contributed by atoms with Crippen molar-refractivity contribution in [1.82, 2.24) is 14.8 Å². The van der Waals surface area contributed by atoms with Crippen molar-refractivity contribution < 1.29 is 14.5 Å². The van der Waals surface area contributed by atoms with E-state index >= 15 is 0 Å². The van der Waals surface area contributed by atoms with Gasteiger partial charge in [-0.1, -0.05) is 30.0 Å². The average molecular weight is 440 g/mol. The summed E-state index contributed by atoms with van der Waals surface area (Å²) in [6.07, 6.45) is 0. The second kappa shape index (κ2) is 9.85. The SMILES string of the molecule is CCn1c(SCC(=O)Nc2cccc([N+](=O)[O-])c2)nnc1-c1cccc(NC(C)=O)c1. The normalized spacial score (nSPS) is 10.5. The van der Waals surface area contributed by atoms with E-state index in [1.807, 2.05) is 23.6 Å². The van der Waals surface area contributed by atoms with Gasteiger partial charge in [0.2, 0.25) is 11.8 Å². The predicted octanol–water partition coefficient (Wildman–Crippen LogP) is 3.56. The number of nitrogens with one attached hydrogen (secondary N) is 2. The number of hydrogen-bond acceptors (Lipinski definition) is 7. The van der Waals surface area contributed by atoms with E-state index in [2.05, 4.69) is 20.8 Å². The van der Waals surface area contributed by atoms with Crippen LogP contribution in [0.15, 0.2) is 53.7 Å². The van der Waals surface area contributed by atoms with E-state index in [4.69, 9.17) is 0 Å². The number of carbonyl (C=O) groups is 2. The van der Waals surface area contributed by atoms with Gasteiger partial charge in [0, 0.05) is 42.5 Å². The molecule has 160 valence electrons. The zero-order valence-corrected chi connectivity index (χ0v) is 17.7. The molecule has 0 radical (unpaired) electrons. The van der Waals surface area contributed by atoms with Crippen molar-refractivity contribution in [2.45, 2.75) is 25.5 Å². The van der Waals surface area contributed by atoms with E-state index < -0.39 is 4.92 Å². The maximum Gasteiger partial charge on any atom is 0.271 e. The predicted molar refractivity (Wildman–Crippen MR) is 118 cm³/mol. The first kappa shape index (κ1) is 22.0. The van der Waals surface area contributed by atoms with Crippen LogP contribution in [0, 0.1) is 10.1 Å². The molecule has 11 heteroatoms. The average Bonchev–Trinajstić information content (AvgIpc) is 3.15. The number of carbonyl (C=O) groups excluding carboxylic acids is 2. The largest absolute Gasteiger partial charge is 0.326 e. The van der Waals surface area contributed by atoms with E-state index in [9.17, 15) is 19.7 Å². The molecule has 0 saturated heterocycles. The number of nitro benzene ring substituents is 1. The quantitative estimate of drug-likeness (QED) is 0.311. The molecule has 3 rings (SSSR count). The van der Waals surface area contributed by atoms with Crippen LogP contribution < -0.4 is 10.6 Å². The molecule has 0 aliphatic carbocycles. The number of nitro groups is 1. The number of benzene rings is 2. The molecule has 1 heterocycles. The lowest BCUT2D eigenvalue weighted by molar-refractivity contribution is -0.384.